The number of aryl methyl sites for hydroxylation is 1. The number of amides is 1. The van der Waals surface area contributed by atoms with Crippen LogP contribution in [0.5, 0.6) is 5.75 Å². The average molecular weight is 442 g/mol. The number of carbonyl (C=O) groups is 1. The molecular weight excluding hydrogens is 420 g/mol. The number of aromatic nitrogens is 2. The number of aromatic hydroxyl groups is 1. The highest BCUT2D eigenvalue weighted by Crippen LogP contribution is 2.32. The van der Waals surface area contributed by atoms with E-state index in [1.807, 2.05) is 65.7 Å². The predicted octanol–water partition coefficient (Wildman–Crippen LogP) is 3.19. The molecule has 166 valence electrons. The van der Waals surface area contributed by atoms with E-state index in [0.717, 1.165) is 11.1 Å². The molecular formula is C25H22N4O4. The van der Waals surface area contributed by atoms with E-state index < -0.39 is 17.1 Å². The van der Waals surface area contributed by atoms with Gasteiger partial charge in [0.25, 0.3) is 5.91 Å². The second kappa shape index (κ2) is 8.31. The highest BCUT2D eigenvalue weighted by Gasteiger charge is 2.36. The third-order valence-electron chi connectivity index (χ3n) is 5.69. The summed E-state index contributed by atoms with van der Waals surface area (Å²) in [5.41, 5.74) is 1.90. The van der Waals surface area contributed by atoms with Crippen LogP contribution in [-0.4, -0.2) is 32.4 Å². The quantitative estimate of drug-likeness (QED) is 0.510. The molecule has 33 heavy (non-hydrogen) atoms. The molecule has 2 aromatic heterocycles. The summed E-state index contributed by atoms with van der Waals surface area (Å²) in [7, 11) is 0. The molecule has 8 nitrogen and oxygen atoms in total. The third-order valence-corrected chi connectivity index (χ3v) is 5.69. The minimum atomic E-state index is -0.607. The first-order valence-corrected chi connectivity index (χ1v) is 10.6. The number of fused-ring (bicyclic) bond motifs is 1. The van der Waals surface area contributed by atoms with E-state index in [1.165, 1.54) is 12.3 Å². The fraction of sp³-hybridized carbons (Fsp3) is 0.160. The van der Waals surface area contributed by atoms with Gasteiger partial charge < -0.3 is 14.5 Å². The Hall–Kier alpha value is -4.33. The fourth-order valence-electron chi connectivity index (χ4n) is 4.21. The van der Waals surface area contributed by atoms with Gasteiger partial charge in [-0.1, -0.05) is 65.8 Å². The zero-order valence-corrected chi connectivity index (χ0v) is 18.0. The summed E-state index contributed by atoms with van der Waals surface area (Å²) in [4.78, 5) is 27.2. The molecule has 0 saturated heterocycles. The van der Waals surface area contributed by atoms with Crippen molar-refractivity contribution in [3.05, 3.63) is 117 Å². The van der Waals surface area contributed by atoms with Gasteiger partial charge in [-0.05, 0) is 18.1 Å². The molecule has 0 saturated carbocycles. The van der Waals surface area contributed by atoms with E-state index in [9.17, 15) is 14.7 Å². The van der Waals surface area contributed by atoms with Crippen molar-refractivity contribution in [2.24, 2.45) is 0 Å². The van der Waals surface area contributed by atoms with Gasteiger partial charge in [0.15, 0.2) is 11.4 Å². The molecule has 1 aliphatic rings. The second-order valence-corrected chi connectivity index (χ2v) is 7.96. The Bertz CT molecular complexity index is 1310. The smallest absolute Gasteiger partial charge is 0.278 e. The molecule has 0 unspecified atom stereocenters. The van der Waals surface area contributed by atoms with E-state index >= 15 is 0 Å². The number of nitrogens with zero attached hydrogens (tertiary/aromatic N) is 4. The molecule has 0 spiro atoms. The van der Waals surface area contributed by atoms with Crippen molar-refractivity contribution in [3.63, 3.8) is 0 Å². The number of hydrogen-bond donors (Lipinski definition) is 1. The minimum Gasteiger partial charge on any atom is -0.502 e. The van der Waals surface area contributed by atoms with Gasteiger partial charge in [0.05, 0.1) is 12.6 Å². The Morgan fingerprint density at radius 2 is 1.64 bits per heavy atom. The maximum Gasteiger partial charge on any atom is 0.278 e. The molecule has 4 aromatic rings. The van der Waals surface area contributed by atoms with E-state index in [-0.39, 0.29) is 24.9 Å². The van der Waals surface area contributed by atoms with Crippen LogP contribution in [0.25, 0.3) is 0 Å². The van der Waals surface area contributed by atoms with Crippen LogP contribution in [0.3, 0.4) is 0 Å². The van der Waals surface area contributed by atoms with Gasteiger partial charge in [0.2, 0.25) is 5.43 Å². The molecule has 1 amide bonds. The predicted molar refractivity (Wildman–Crippen MR) is 121 cm³/mol. The van der Waals surface area contributed by atoms with Crippen molar-refractivity contribution < 1.29 is 14.4 Å². The number of carbonyl (C=O) groups excluding carboxylic acids is 1. The Labute approximate surface area is 189 Å². The first kappa shape index (κ1) is 20.6. The molecule has 0 fully saturated rings. The van der Waals surface area contributed by atoms with Crippen molar-refractivity contribution in [2.75, 3.05) is 11.7 Å². The van der Waals surface area contributed by atoms with Gasteiger partial charge in [-0.3, -0.25) is 19.3 Å². The Kier molecular flexibility index (Phi) is 5.18. The average Bonchev–Trinajstić information content (AvgIpc) is 3.25. The lowest BCUT2D eigenvalue weighted by Crippen LogP contribution is -2.55. The van der Waals surface area contributed by atoms with Crippen molar-refractivity contribution in [2.45, 2.75) is 19.5 Å². The lowest BCUT2D eigenvalue weighted by atomic mass is 9.98. The summed E-state index contributed by atoms with van der Waals surface area (Å²) in [5.74, 6) is -0.396. The molecule has 8 heteroatoms. The Morgan fingerprint density at radius 3 is 2.21 bits per heavy atom. The second-order valence-electron chi connectivity index (χ2n) is 7.96. The normalized spacial score (nSPS) is 13.5. The Morgan fingerprint density at radius 1 is 1.00 bits per heavy atom. The van der Waals surface area contributed by atoms with Crippen molar-refractivity contribution in [1.29, 1.82) is 0 Å². The first-order valence-electron chi connectivity index (χ1n) is 10.6. The SMILES string of the molecule is Cc1cc(CN2CN(C(c3ccccc3)c3ccccc3)n3ccc(=O)c(O)c3C2=O)no1. The summed E-state index contributed by atoms with van der Waals surface area (Å²) in [6, 6.07) is 22.5. The third kappa shape index (κ3) is 3.76. The van der Waals surface area contributed by atoms with Crippen LogP contribution in [0.2, 0.25) is 0 Å². The standard InChI is InChI=1S/C25H22N4O4/c1-17-14-20(26-33-17)15-27-16-29(28-13-12-21(30)24(31)23(28)25(27)32)22(18-8-4-2-5-9-18)19-10-6-3-7-11-19/h2-14,22,31H,15-16H2,1H3. The van der Waals surface area contributed by atoms with Crippen molar-refractivity contribution >= 4 is 5.91 Å². The summed E-state index contributed by atoms with van der Waals surface area (Å²) in [6.45, 7) is 2.16. The van der Waals surface area contributed by atoms with Gasteiger partial charge in [0, 0.05) is 18.3 Å². The van der Waals surface area contributed by atoms with Crippen LogP contribution >= 0.6 is 0 Å². The van der Waals surface area contributed by atoms with E-state index in [0.29, 0.717) is 11.5 Å². The molecule has 0 atom stereocenters. The maximum absolute atomic E-state index is 13.4. The number of hydrogen-bond acceptors (Lipinski definition) is 6. The lowest BCUT2D eigenvalue weighted by Gasteiger charge is -2.43. The molecule has 0 bridgehead atoms. The summed E-state index contributed by atoms with van der Waals surface area (Å²) in [6.07, 6.45) is 1.53. The molecule has 5 rings (SSSR count). The molecule has 0 radical (unpaired) electrons. The van der Waals surface area contributed by atoms with Gasteiger partial charge >= 0.3 is 0 Å². The van der Waals surface area contributed by atoms with E-state index in [2.05, 4.69) is 5.16 Å². The number of benzene rings is 2. The van der Waals surface area contributed by atoms with Crippen LogP contribution in [0, 0.1) is 6.92 Å². The summed E-state index contributed by atoms with van der Waals surface area (Å²) < 4.78 is 6.74. The fourth-order valence-corrected chi connectivity index (χ4v) is 4.21. The maximum atomic E-state index is 13.4. The first-order chi connectivity index (χ1) is 16.0. The topological polar surface area (TPSA) is 91.8 Å². The molecule has 2 aromatic carbocycles. The highest BCUT2D eigenvalue weighted by atomic mass is 16.5. The lowest BCUT2D eigenvalue weighted by molar-refractivity contribution is 0.0661. The van der Waals surface area contributed by atoms with Crippen LogP contribution < -0.4 is 10.4 Å². The largest absolute Gasteiger partial charge is 0.502 e. The van der Waals surface area contributed by atoms with Crippen molar-refractivity contribution in [1.82, 2.24) is 14.7 Å². The summed E-state index contributed by atoms with van der Waals surface area (Å²) in [5, 5.41) is 16.6. The Balaban J connectivity index is 1.67. The van der Waals surface area contributed by atoms with Crippen LogP contribution in [-0.2, 0) is 6.54 Å². The number of pyridine rings is 1. The van der Waals surface area contributed by atoms with Gasteiger partial charge in [-0.2, -0.15) is 0 Å². The molecule has 1 aliphatic heterocycles. The monoisotopic (exact) mass is 442 g/mol. The van der Waals surface area contributed by atoms with E-state index in [4.69, 9.17) is 4.52 Å². The van der Waals surface area contributed by atoms with Crippen molar-refractivity contribution in [3.8, 4) is 5.75 Å². The molecule has 3 heterocycles. The van der Waals surface area contributed by atoms with Crippen LogP contribution in [0.1, 0.15) is 39.1 Å². The summed E-state index contributed by atoms with van der Waals surface area (Å²) >= 11 is 0. The zero-order chi connectivity index (χ0) is 22.9. The molecule has 1 N–H and O–H groups in total. The van der Waals surface area contributed by atoms with E-state index in [1.54, 1.807) is 22.6 Å². The van der Waals surface area contributed by atoms with Gasteiger partial charge in [0.1, 0.15) is 18.1 Å². The van der Waals surface area contributed by atoms with Gasteiger partial charge in [-0.15, -0.1) is 0 Å². The van der Waals surface area contributed by atoms with Gasteiger partial charge in [-0.25, -0.2) is 0 Å². The van der Waals surface area contributed by atoms with Crippen LogP contribution in [0.4, 0.5) is 0 Å². The molecule has 0 aliphatic carbocycles. The highest BCUT2D eigenvalue weighted by molar-refractivity contribution is 5.96. The zero-order valence-electron chi connectivity index (χ0n) is 18.0. The minimum absolute atomic E-state index is 0.0779. The number of rotatable bonds is 5. The van der Waals surface area contributed by atoms with Crippen LogP contribution in [0.15, 0.2) is 88.3 Å².